The molecular weight excluding hydrogens is 344 g/mol. The van der Waals surface area contributed by atoms with Crippen LogP contribution in [0.2, 0.25) is 0 Å². The molecule has 2 aromatic carbocycles. The number of carbonyl (C=O) groups excluding carboxylic acids is 1. The van der Waals surface area contributed by atoms with Crippen molar-refractivity contribution in [1.29, 1.82) is 0 Å². The Hall–Kier alpha value is -2.83. The van der Waals surface area contributed by atoms with Gasteiger partial charge in [0.25, 0.3) is 5.91 Å². The summed E-state index contributed by atoms with van der Waals surface area (Å²) in [6.45, 7) is 1.03. The van der Waals surface area contributed by atoms with Crippen LogP contribution in [-0.2, 0) is 6.54 Å². The molecule has 0 heterocycles. The zero-order valence-electron chi connectivity index (χ0n) is 14.8. The van der Waals surface area contributed by atoms with Crippen molar-refractivity contribution in [2.24, 2.45) is 0 Å². The van der Waals surface area contributed by atoms with Crippen molar-refractivity contribution in [1.82, 2.24) is 5.32 Å². The number of methoxy groups -OCH3 is 1. The maximum absolute atomic E-state index is 12.6. The lowest BCUT2D eigenvalue weighted by atomic mass is 10.1. The van der Waals surface area contributed by atoms with Crippen molar-refractivity contribution in [3.8, 4) is 17.2 Å². The Bertz CT molecular complexity index is 733. The maximum atomic E-state index is 12.6. The lowest BCUT2D eigenvalue weighted by molar-refractivity contribution is -0.0515. The van der Waals surface area contributed by atoms with Crippen LogP contribution in [0, 0.1) is 0 Å². The summed E-state index contributed by atoms with van der Waals surface area (Å²) in [4.78, 5) is 12.4. The number of para-hydroxylation sites is 1. The van der Waals surface area contributed by atoms with Gasteiger partial charge < -0.3 is 19.5 Å². The number of ether oxygens (including phenoxy) is 3. The first-order valence-electron chi connectivity index (χ1n) is 8.06. The third kappa shape index (κ3) is 5.34. The van der Waals surface area contributed by atoms with Crippen LogP contribution in [-0.4, -0.2) is 25.7 Å². The fraction of sp³-hybridized carbons (Fsp3) is 0.316. The lowest BCUT2D eigenvalue weighted by Crippen LogP contribution is -2.24. The number of hydrogen-bond acceptors (Lipinski definition) is 4. The molecule has 0 atom stereocenters. The quantitative estimate of drug-likeness (QED) is 0.768. The molecule has 0 saturated carbocycles. The first-order chi connectivity index (χ1) is 12.4. The zero-order valence-corrected chi connectivity index (χ0v) is 14.8. The summed E-state index contributed by atoms with van der Waals surface area (Å²) in [5.74, 6) is -0.0335. The smallest absolute Gasteiger partial charge is 0.387 e. The normalized spacial score (nSPS) is 10.7. The average Bonchev–Trinajstić information content (AvgIpc) is 2.60. The van der Waals surface area contributed by atoms with Crippen LogP contribution < -0.4 is 19.5 Å². The van der Waals surface area contributed by atoms with Gasteiger partial charge in [0.05, 0.1) is 18.8 Å². The molecule has 0 spiro atoms. The fourth-order valence-electron chi connectivity index (χ4n) is 2.30. The molecule has 26 heavy (non-hydrogen) atoms. The Labute approximate surface area is 150 Å². The number of carbonyl (C=O) groups is 1. The highest BCUT2D eigenvalue weighted by atomic mass is 19.3. The molecule has 0 fully saturated rings. The van der Waals surface area contributed by atoms with E-state index in [4.69, 9.17) is 9.47 Å². The second-order valence-corrected chi connectivity index (χ2v) is 5.71. The van der Waals surface area contributed by atoms with Crippen LogP contribution in [0.4, 0.5) is 8.78 Å². The first-order valence-corrected chi connectivity index (χ1v) is 8.06. The zero-order chi connectivity index (χ0) is 19.1. The standard InChI is InChI=1S/C19H21F2NO4/c1-12(2)25-14-9-7-13(8-10-14)11-22-18(23)15-5-4-6-16(24-3)17(15)26-19(20)21/h4-10,12,19H,11H2,1-3H3,(H,22,23). The van der Waals surface area contributed by atoms with E-state index in [-0.39, 0.29) is 29.7 Å². The van der Waals surface area contributed by atoms with Crippen LogP contribution in [0.25, 0.3) is 0 Å². The van der Waals surface area contributed by atoms with E-state index in [0.29, 0.717) is 0 Å². The molecule has 0 unspecified atom stereocenters. The number of amides is 1. The molecule has 0 bridgehead atoms. The number of halogens is 2. The summed E-state index contributed by atoms with van der Waals surface area (Å²) < 4.78 is 40.3. The van der Waals surface area contributed by atoms with Gasteiger partial charge in [-0.2, -0.15) is 8.78 Å². The van der Waals surface area contributed by atoms with Crippen molar-refractivity contribution in [3.05, 3.63) is 53.6 Å². The summed E-state index contributed by atoms with van der Waals surface area (Å²) in [5, 5.41) is 2.68. The molecule has 0 aliphatic heterocycles. The van der Waals surface area contributed by atoms with E-state index < -0.39 is 12.5 Å². The van der Waals surface area contributed by atoms with Gasteiger partial charge in [-0.15, -0.1) is 0 Å². The SMILES string of the molecule is COc1cccc(C(=O)NCc2ccc(OC(C)C)cc2)c1OC(F)F. The molecule has 0 aliphatic rings. The molecule has 1 amide bonds. The van der Waals surface area contributed by atoms with Gasteiger partial charge >= 0.3 is 6.61 Å². The molecule has 140 valence electrons. The summed E-state index contributed by atoms with van der Waals surface area (Å²) in [7, 11) is 1.32. The largest absolute Gasteiger partial charge is 0.493 e. The van der Waals surface area contributed by atoms with E-state index in [2.05, 4.69) is 10.1 Å². The van der Waals surface area contributed by atoms with E-state index in [1.807, 2.05) is 26.0 Å². The minimum Gasteiger partial charge on any atom is -0.493 e. The van der Waals surface area contributed by atoms with Gasteiger partial charge in [0, 0.05) is 6.54 Å². The Kier molecular flexibility index (Phi) is 6.77. The first kappa shape index (κ1) is 19.5. The van der Waals surface area contributed by atoms with E-state index in [0.717, 1.165) is 11.3 Å². The highest BCUT2D eigenvalue weighted by Gasteiger charge is 2.20. The van der Waals surface area contributed by atoms with Crippen molar-refractivity contribution < 1.29 is 27.8 Å². The van der Waals surface area contributed by atoms with E-state index >= 15 is 0 Å². The topological polar surface area (TPSA) is 56.8 Å². The van der Waals surface area contributed by atoms with Gasteiger partial charge in [-0.05, 0) is 43.7 Å². The van der Waals surface area contributed by atoms with Gasteiger partial charge in [0.1, 0.15) is 5.75 Å². The maximum Gasteiger partial charge on any atom is 0.387 e. The molecular formula is C19H21F2NO4. The van der Waals surface area contributed by atoms with Gasteiger partial charge in [0.2, 0.25) is 0 Å². The second-order valence-electron chi connectivity index (χ2n) is 5.71. The highest BCUT2D eigenvalue weighted by Crippen LogP contribution is 2.32. The van der Waals surface area contributed by atoms with Crippen molar-refractivity contribution in [3.63, 3.8) is 0 Å². The third-order valence-electron chi connectivity index (χ3n) is 3.40. The van der Waals surface area contributed by atoms with Crippen molar-refractivity contribution in [2.45, 2.75) is 33.1 Å². The fourth-order valence-corrected chi connectivity index (χ4v) is 2.30. The van der Waals surface area contributed by atoms with Crippen molar-refractivity contribution >= 4 is 5.91 Å². The van der Waals surface area contributed by atoms with Gasteiger partial charge in [-0.25, -0.2) is 0 Å². The molecule has 1 N–H and O–H groups in total. The van der Waals surface area contributed by atoms with Crippen LogP contribution >= 0.6 is 0 Å². The summed E-state index contributed by atoms with van der Waals surface area (Å²) in [6, 6.07) is 11.6. The third-order valence-corrected chi connectivity index (χ3v) is 3.40. The van der Waals surface area contributed by atoms with E-state index in [1.54, 1.807) is 12.1 Å². The molecule has 0 saturated heterocycles. The number of nitrogens with one attached hydrogen (secondary N) is 1. The van der Waals surface area contributed by atoms with Gasteiger partial charge in [0.15, 0.2) is 11.5 Å². The number of benzene rings is 2. The molecule has 5 nitrogen and oxygen atoms in total. The van der Waals surface area contributed by atoms with Crippen LogP contribution in [0.1, 0.15) is 29.8 Å². The molecule has 0 radical (unpaired) electrons. The summed E-state index contributed by atoms with van der Waals surface area (Å²) in [6.07, 6.45) is 0.0712. The predicted octanol–water partition coefficient (Wildman–Crippen LogP) is 4.01. The van der Waals surface area contributed by atoms with Crippen LogP contribution in [0.15, 0.2) is 42.5 Å². The Morgan fingerprint density at radius 2 is 1.77 bits per heavy atom. The summed E-state index contributed by atoms with van der Waals surface area (Å²) >= 11 is 0. The number of alkyl halides is 2. The van der Waals surface area contributed by atoms with Crippen molar-refractivity contribution in [2.75, 3.05) is 7.11 Å². The Morgan fingerprint density at radius 3 is 2.35 bits per heavy atom. The minimum atomic E-state index is -3.06. The molecule has 7 heteroatoms. The van der Waals surface area contributed by atoms with Crippen LogP contribution in [0.5, 0.6) is 17.2 Å². The molecule has 2 rings (SSSR count). The Morgan fingerprint density at radius 1 is 1.08 bits per heavy atom. The Balaban J connectivity index is 2.08. The molecule has 2 aromatic rings. The van der Waals surface area contributed by atoms with Gasteiger partial charge in [-0.1, -0.05) is 18.2 Å². The second kappa shape index (κ2) is 9.03. The van der Waals surface area contributed by atoms with Gasteiger partial charge in [-0.3, -0.25) is 4.79 Å². The van der Waals surface area contributed by atoms with E-state index in [1.165, 1.54) is 25.3 Å². The van der Waals surface area contributed by atoms with E-state index in [9.17, 15) is 13.6 Å². The number of hydrogen-bond donors (Lipinski definition) is 1. The highest BCUT2D eigenvalue weighted by molar-refractivity contribution is 5.97. The predicted molar refractivity (Wildman–Crippen MR) is 93.0 cm³/mol. The molecule has 0 aliphatic carbocycles. The minimum absolute atomic E-state index is 0.0237. The lowest BCUT2D eigenvalue weighted by Gasteiger charge is -2.14. The molecule has 0 aromatic heterocycles. The monoisotopic (exact) mass is 365 g/mol. The van der Waals surface area contributed by atoms with Crippen LogP contribution in [0.3, 0.4) is 0 Å². The average molecular weight is 365 g/mol. The number of rotatable bonds is 8. The summed E-state index contributed by atoms with van der Waals surface area (Å²) in [5.41, 5.74) is 0.818.